The first-order valence-corrected chi connectivity index (χ1v) is 6.96. The first-order chi connectivity index (χ1) is 9.95. The van der Waals surface area contributed by atoms with Crippen molar-refractivity contribution in [2.24, 2.45) is 0 Å². The Morgan fingerprint density at radius 2 is 1.81 bits per heavy atom. The molecule has 0 radical (unpaired) electrons. The molecule has 0 aliphatic heterocycles. The second-order valence-electron chi connectivity index (χ2n) is 4.49. The Hall–Kier alpha value is -1.78. The summed E-state index contributed by atoms with van der Waals surface area (Å²) in [5.41, 5.74) is 1.97. The van der Waals surface area contributed by atoms with Crippen LogP contribution in [-0.2, 0) is 4.79 Å². The van der Waals surface area contributed by atoms with E-state index in [1.807, 2.05) is 6.92 Å². The van der Waals surface area contributed by atoms with Gasteiger partial charge in [0.15, 0.2) is 0 Å². The summed E-state index contributed by atoms with van der Waals surface area (Å²) >= 11 is 12.1. The molecule has 6 heteroatoms. The normalized spacial score (nSPS) is 10.3. The second kappa shape index (κ2) is 6.78. The van der Waals surface area contributed by atoms with E-state index in [-0.39, 0.29) is 18.3 Å². The van der Waals surface area contributed by atoms with Gasteiger partial charge >= 0.3 is 0 Å². The van der Waals surface area contributed by atoms with E-state index in [0.717, 1.165) is 5.56 Å². The molecule has 0 aliphatic carbocycles. The van der Waals surface area contributed by atoms with Crippen LogP contribution >= 0.6 is 23.2 Å². The molecule has 0 unspecified atom stereocenters. The van der Waals surface area contributed by atoms with E-state index in [2.05, 4.69) is 10.6 Å². The Balaban J connectivity index is 1.95. The van der Waals surface area contributed by atoms with Crippen LogP contribution in [-0.4, -0.2) is 12.5 Å². The molecule has 0 saturated heterocycles. The van der Waals surface area contributed by atoms with Gasteiger partial charge in [-0.3, -0.25) is 4.79 Å². The lowest BCUT2D eigenvalue weighted by molar-refractivity contribution is -0.114. The molecule has 110 valence electrons. The van der Waals surface area contributed by atoms with E-state index in [1.165, 1.54) is 24.3 Å². The third-order valence-corrected chi connectivity index (χ3v) is 3.54. The number of carbonyl (C=O) groups is 1. The summed E-state index contributed by atoms with van der Waals surface area (Å²) in [5, 5.41) is 6.61. The van der Waals surface area contributed by atoms with Crippen LogP contribution < -0.4 is 10.6 Å². The highest BCUT2D eigenvalue weighted by Gasteiger charge is 2.07. The Bertz CT molecular complexity index is 659. The predicted octanol–water partition coefficient (Wildman–Crippen LogP) is 4.49. The lowest BCUT2D eigenvalue weighted by atomic mass is 10.2. The minimum absolute atomic E-state index is 0.0243. The number of anilines is 2. The van der Waals surface area contributed by atoms with E-state index >= 15 is 0 Å². The molecule has 1 amide bonds. The molecule has 0 heterocycles. The number of amides is 1. The van der Waals surface area contributed by atoms with E-state index < -0.39 is 0 Å². The smallest absolute Gasteiger partial charge is 0.243 e. The molecule has 0 aliphatic rings. The van der Waals surface area contributed by atoms with Crippen molar-refractivity contribution in [3.63, 3.8) is 0 Å². The minimum atomic E-state index is -0.354. The molecule has 0 spiro atoms. The maximum absolute atomic E-state index is 12.8. The van der Waals surface area contributed by atoms with Crippen LogP contribution in [0.25, 0.3) is 0 Å². The summed E-state index contributed by atoms with van der Waals surface area (Å²) in [6.45, 7) is 1.87. The molecule has 2 aromatic rings. The largest absolute Gasteiger partial charge is 0.375 e. The highest BCUT2D eigenvalue weighted by molar-refractivity contribution is 6.35. The van der Waals surface area contributed by atoms with Crippen LogP contribution in [0.1, 0.15) is 5.56 Å². The highest BCUT2D eigenvalue weighted by Crippen LogP contribution is 2.28. The Morgan fingerprint density at radius 1 is 1.14 bits per heavy atom. The summed E-state index contributed by atoms with van der Waals surface area (Å²) < 4.78 is 12.8. The van der Waals surface area contributed by atoms with E-state index in [4.69, 9.17) is 23.2 Å². The second-order valence-corrected chi connectivity index (χ2v) is 5.30. The first-order valence-electron chi connectivity index (χ1n) is 6.20. The van der Waals surface area contributed by atoms with Crippen molar-refractivity contribution in [1.82, 2.24) is 0 Å². The van der Waals surface area contributed by atoms with Gasteiger partial charge in [-0.25, -0.2) is 4.39 Å². The number of rotatable bonds is 4. The molecule has 0 saturated carbocycles. The maximum Gasteiger partial charge on any atom is 0.243 e. The number of benzene rings is 2. The number of nitrogens with one attached hydrogen (secondary N) is 2. The quantitative estimate of drug-likeness (QED) is 0.869. The van der Waals surface area contributed by atoms with Crippen LogP contribution in [0, 0.1) is 12.7 Å². The molecule has 21 heavy (non-hydrogen) atoms. The SMILES string of the molecule is Cc1cc(Cl)c(NCC(=O)Nc2ccc(F)cc2)cc1Cl. The van der Waals surface area contributed by atoms with Gasteiger partial charge < -0.3 is 10.6 Å². The van der Waals surface area contributed by atoms with Gasteiger partial charge in [-0.2, -0.15) is 0 Å². The molecule has 2 N–H and O–H groups in total. The summed E-state index contributed by atoms with van der Waals surface area (Å²) in [6, 6.07) is 8.93. The lowest BCUT2D eigenvalue weighted by Gasteiger charge is -2.10. The zero-order valence-electron chi connectivity index (χ0n) is 11.2. The third-order valence-electron chi connectivity index (χ3n) is 2.82. The van der Waals surface area contributed by atoms with Gasteiger partial charge in [0, 0.05) is 10.7 Å². The fourth-order valence-corrected chi connectivity index (χ4v) is 2.14. The molecule has 3 nitrogen and oxygen atoms in total. The van der Waals surface area contributed by atoms with Crippen LogP contribution in [0.2, 0.25) is 10.0 Å². The van der Waals surface area contributed by atoms with Crippen molar-refractivity contribution < 1.29 is 9.18 Å². The van der Waals surface area contributed by atoms with Crippen LogP contribution in [0.4, 0.5) is 15.8 Å². The summed E-state index contributed by atoms with van der Waals surface area (Å²) in [7, 11) is 0. The van der Waals surface area contributed by atoms with E-state index in [9.17, 15) is 9.18 Å². The van der Waals surface area contributed by atoms with Crippen molar-refractivity contribution in [2.75, 3.05) is 17.2 Å². The Morgan fingerprint density at radius 3 is 2.48 bits per heavy atom. The topological polar surface area (TPSA) is 41.1 Å². The molecular formula is C15H13Cl2FN2O. The van der Waals surface area contributed by atoms with Crippen LogP contribution in [0.3, 0.4) is 0 Å². The van der Waals surface area contributed by atoms with Gasteiger partial charge in [0.2, 0.25) is 5.91 Å². The van der Waals surface area contributed by atoms with Gasteiger partial charge in [-0.15, -0.1) is 0 Å². The standard InChI is InChI=1S/C15H13Cl2FN2O/c1-9-6-13(17)14(7-12(9)16)19-8-15(21)20-11-4-2-10(18)3-5-11/h2-7,19H,8H2,1H3,(H,20,21). The fourth-order valence-electron chi connectivity index (χ4n) is 1.70. The van der Waals surface area contributed by atoms with Gasteiger partial charge in [-0.1, -0.05) is 23.2 Å². The predicted molar refractivity (Wildman–Crippen MR) is 84.7 cm³/mol. The third kappa shape index (κ3) is 4.34. The Labute approximate surface area is 132 Å². The van der Waals surface area contributed by atoms with Gasteiger partial charge in [-0.05, 0) is 48.9 Å². The van der Waals surface area contributed by atoms with Crippen molar-refractivity contribution >= 4 is 40.5 Å². The summed E-state index contributed by atoms with van der Waals surface area (Å²) in [6.07, 6.45) is 0. The zero-order valence-corrected chi connectivity index (χ0v) is 12.7. The van der Waals surface area contributed by atoms with E-state index in [1.54, 1.807) is 12.1 Å². The maximum atomic E-state index is 12.8. The lowest BCUT2D eigenvalue weighted by Crippen LogP contribution is -2.21. The van der Waals surface area contributed by atoms with Crippen molar-refractivity contribution in [2.45, 2.75) is 6.92 Å². The molecule has 0 aromatic heterocycles. The van der Waals surface area contributed by atoms with Gasteiger partial charge in [0.1, 0.15) is 5.82 Å². The van der Waals surface area contributed by atoms with E-state index in [0.29, 0.717) is 21.4 Å². The summed E-state index contributed by atoms with van der Waals surface area (Å²) in [5.74, 6) is -0.624. The molecular weight excluding hydrogens is 314 g/mol. The van der Waals surface area contributed by atoms with Crippen molar-refractivity contribution in [3.05, 3.63) is 57.8 Å². The Kier molecular flexibility index (Phi) is 5.04. The average molecular weight is 327 g/mol. The number of hydrogen-bond acceptors (Lipinski definition) is 2. The number of hydrogen-bond donors (Lipinski definition) is 2. The first kappa shape index (κ1) is 15.6. The molecule has 0 fully saturated rings. The number of aryl methyl sites for hydroxylation is 1. The average Bonchev–Trinajstić information content (AvgIpc) is 2.44. The van der Waals surface area contributed by atoms with Gasteiger partial charge in [0.05, 0.1) is 17.3 Å². The van der Waals surface area contributed by atoms with Gasteiger partial charge in [0.25, 0.3) is 0 Å². The van der Waals surface area contributed by atoms with Crippen LogP contribution in [0.5, 0.6) is 0 Å². The molecule has 2 rings (SSSR count). The summed E-state index contributed by atoms with van der Waals surface area (Å²) in [4.78, 5) is 11.8. The highest BCUT2D eigenvalue weighted by atomic mass is 35.5. The molecule has 0 bridgehead atoms. The molecule has 0 atom stereocenters. The molecule has 2 aromatic carbocycles. The number of halogens is 3. The monoisotopic (exact) mass is 326 g/mol. The fraction of sp³-hybridized carbons (Fsp3) is 0.133. The van der Waals surface area contributed by atoms with Crippen molar-refractivity contribution in [1.29, 1.82) is 0 Å². The van der Waals surface area contributed by atoms with Crippen molar-refractivity contribution in [3.8, 4) is 0 Å². The zero-order chi connectivity index (χ0) is 15.4. The minimum Gasteiger partial charge on any atom is -0.375 e. The number of carbonyl (C=O) groups excluding carboxylic acids is 1. The van der Waals surface area contributed by atoms with Crippen LogP contribution in [0.15, 0.2) is 36.4 Å².